The summed E-state index contributed by atoms with van der Waals surface area (Å²) in [5, 5.41) is 0. The fourth-order valence-corrected chi connectivity index (χ4v) is 6.84. The van der Waals surface area contributed by atoms with Gasteiger partial charge in [-0.3, -0.25) is 0 Å². The summed E-state index contributed by atoms with van der Waals surface area (Å²) < 4.78 is 5.96. The monoisotopic (exact) mass is 458 g/mol. The number of carbonyl (C=O) groups is 1. The summed E-state index contributed by atoms with van der Waals surface area (Å²) in [6.45, 7) is 13.7. The highest BCUT2D eigenvalue weighted by Gasteiger charge is 2.51. The molecule has 33 heavy (non-hydrogen) atoms. The van der Waals surface area contributed by atoms with E-state index in [0.717, 1.165) is 30.6 Å². The first kappa shape index (κ1) is 27.5. The van der Waals surface area contributed by atoms with Gasteiger partial charge in [0.25, 0.3) is 0 Å². The molecule has 6 atom stereocenters. The minimum Gasteiger partial charge on any atom is -0.459 e. The zero-order valence-electron chi connectivity index (χ0n) is 22.2. The van der Waals surface area contributed by atoms with E-state index in [1.165, 1.54) is 51.4 Å². The Morgan fingerprint density at radius 3 is 2.36 bits per heavy atom. The summed E-state index contributed by atoms with van der Waals surface area (Å²) in [5.41, 5.74) is 13.6. The van der Waals surface area contributed by atoms with Crippen LogP contribution < -0.4 is 11.5 Å². The molecule has 2 aliphatic rings. The van der Waals surface area contributed by atoms with Crippen LogP contribution in [0.4, 0.5) is 11.4 Å². The van der Waals surface area contributed by atoms with Crippen LogP contribution in [0.2, 0.25) is 0 Å². The van der Waals surface area contributed by atoms with Crippen LogP contribution in [0.3, 0.4) is 0 Å². The Kier molecular flexibility index (Phi) is 10.6. The highest BCUT2D eigenvalue weighted by Crippen LogP contribution is 2.58. The standard InChI is InChI=1S/C27H44N2O2.C2H6/c1-5-7-9-25-24(18(3)8-6-2)11-10-20-16-23(12-13-27(20,25)4)31-26(30)19-14-21(28)17-22(29)15-19;1-2/h14-15,17-18,20,23-25H,5-13,16,28-29H2,1-4H3;1-2H3. The average Bonchev–Trinajstić information content (AvgIpc) is 2.78. The van der Waals surface area contributed by atoms with Crippen molar-refractivity contribution in [3.8, 4) is 0 Å². The maximum atomic E-state index is 12.7. The third-order valence-corrected chi connectivity index (χ3v) is 8.53. The van der Waals surface area contributed by atoms with E-state index >= 15 is 0 Å². The number of rotatable bonds is 8. The molecule has 0 radical (unpaired) electrons. The largest absolute Gasteiger partial charge is 0.459 e. The first-order chi connectivity index (χ1) is 15.8. The van der Waals surface area contributed by atoms with E-state index in [1.54, 1.807) is 18.2 Å². The molecule has 4 N–H and O–H groups in total. The van der Waals surface area contributed by atoms with Crippen LogP contribution in [-0.2, 0) is 4.74 Å². The van der Waals surface area contributed by atoms with Crippen LogP contribution in [0.1, 0.15) is 116 Å². The number of nitrogens with two attached hydrogens (primary N) is 2. The SMILES string of the molecule is CC.CCCCC1C(C(C)CCC)CCC2CC(OC(=O)c3cc(N)cc(N)c3)CCC21C. The van der Waals surface area contributed by atoms with Crippen LogP contribution >= 0.6 is 0 Å². The lowest BCUT2D eigenvalue weighted by molar-refractivity contribution is -0.0902. The normalized spacial score (nSPS) is 29.9. The molecule has 0 aliphatic heterocycles. The molecule has 4 heteroatoms. The molecule has 0 saturated heterocycles. The fourth-order valence-electron chi connectivity index (χ4n) is 6.84. The highest BCUT2D eigenvalue weighted by atomic mass is 16.5. The van der Waals surface area contributed by atoms with E-state index in [4.69, 9.17) is 16.2 Å². The van der Waals surface area contributed by atoms with Gasteiger partial charge in [0.2, 0.25) is 0 Å². The molecular weight excluding hydrogens is 408 g/mol. The van der Waals surface area contributed by atoms with Crippen LogP contribution in [-0.4, -0.2) is 12.1 Å². The third kappa shape index (κ3) is 6.67. The smallest absolute Gasteiger partial charge is 0.338 e. The van der Waals surface area contributed by atoms with Crippen molar-refractivity contribution in [2.24, 2.45) is 29.1 Å². The van der Waals surface area contributed by atoms with Gasteiger partial charge >= 0.3 is 5.97 Å². The minimum atomic E-state index is -0.291. The molecule has 2 saturated carbocycles. The summed E-state index contributed by atoms with van der Waals surface area (Å²) in [6.07, 6.45) is 12.3. The fraction of sp³-hybridized carbons (Fsp3) is 0.759. The number of anilines is 2. The molecule has 2 aliphatic carbocycles. The number of esters is 1. The minimum absolute atomic E-state index is 0.00432. The maximum Gasteiger partial charge on any atom is 0.338 e. The first-order valence-corrected chi connectivity index (χ1v) is 13.7. The zero-order valence-corrected chi connectivity index (χ0v) is 22.2. The Balaban J connectivity index is 0.00000187. The second-order valence-corrected chi connectivity index (χ2v) is 10.6. The van der Waals surface area contributed by atoms with Gasteiger partial charge in [0, 0.05) is 11.4 Å². The van der Waals surface area contributed by atoms with Gasteiger partial charge in [0.1, 0.15) is 6.10 Å². The number of hydrogen-bond acceptors (Lipinski definition) is 4. The lowest BCUT2D eigenvalue weighted by atomic mass is 9.49. The van der Waals surface area contributed by atoms with Gasteiger partial charge in [0.05, 0.1) is 5.56 Å². The van der Waals surface area contributed by atoms with Crippen molar-refractivity contribution in [3.05, 3.63) is 23.8 Å². The van der Waals surface area contributed by atoms with Gasteiger partial charge in [-0.05, 0) is 85.8 Å². The molecule has 0 spiro atoms. The molecule has 6 unspecified atom stereocenters. The van der Waals surface area contributed by atoms with E-state index in [0.29, 0.717) is 28.3 Å². The van der Waals surface area contributed by atoms with Crippen molar-refractivity contribution < 1.29 is 9.53 Å². The van der Waals surface area contributed by atoms with Crippen molar-refractivity contribution in [3.63, 3.8) is 0 Å². The van der Waals surface area contributed by atoms with E-state index in [-0.39, 0.29) is 12.1 Å². The third-order valence-electron chi connectivity index (χ3n) is 8.53. The van der Waals surface area contributed by atoms with Crippen LogP contribution in [0.15, 0.2) is 18.2 Å². The summed E-state index contributed by atoms with van der Waals surface area (Å²) in [7, 11) is 0. The predicted octanol–water partition coefficient (Wildman–Crippen LogP) is 7.86. The van der Waals surface area contributed by atoms with E-state index in [2.05, 4.69) is 27.7 Å². The van der Waals surface area contributed by atoms with Crippen molar-refractivity contribution >= 4 is 17.3 Å². The summed E-state index contributed by atoms with van der Waals surface area (Å²) >= 11 is 0. The summed E-state index contributed by atoms with van der Waals surface area (Å²) in [4.78, 5) is 12.7. The van der Waals surface area contributed by atoms with Gasteiger partial charge in [-0.1, -0.05) is 67.2 Å². The molecular formula is C29H50N2O2. The topological polar surface area (TPSA) is 78.3 Å². The molecule has 188 valence electrons. The zero-order chi connectivity index (χ0) is 24.6. The molecule has 0 heterocycles. The molecule has 0 aromatic heterocycles. The second-order valence-electron chi connectivity index (χ2n) is 10.6. The van der Waals surface area contributed by atoms with E-state index in [9.17, 15) is 4.79 Å². The number of carbonyl (C=O) groups excluding carboxylic acids is 1. The Labute approximate surface area is 203 Å². The number of hydrogen-bond donors (Lipinski definition) is 2. The number of fused-ring (bicyclic) bond motifs is 1. The van der Waals surface area contributed by atoms with Gasteiger partial charge < -0.3 is 16.2 Å². The number of ether oxygens (including phenoxy) is 1. The Bertz CT molecular complexity index is 729. The molecule has 0 bridgehead atoms. The van der Waals surface area contributed by atoms with Crippen molar-refractivity contribution in [2.75, 3.05) is 11.5 Å². The molecule has 0 amide bonds. The number of nitrogen functional groups attached to an aromatic ring is 2. The predicted molar refractivity (Wildman–Crippen MR) is 141 cm³/mol. The summed E-state index contributed by atoms with van der Waals surface area (Å²) in [6, 6.07) is 4.98. The van der Waals surface area contributed by atoms with Crippen LogP contribution in [0.5, 0.6) is 0 Å². The van der Waals surface area contributed by atoms with Gasteiger partial charge in [-0.2, -0.15) is 0 Å². The molecule has 1 aromatic carbocycles. The maximum absolute atomic E-state index is 12.7. The van der Waals surface area contributed by atoms with Crippen LogP contribution in [0, 0.1) is 29.1 Å². The van der Waals surface area contributed by atoms with Crippen molar-refractivity contribution in [1.82, 2.24) is 0 Å². The Hall–Kier alpha value is -1.71. The first-order valence-electron chi connectivity index (χ1n) is 13.7. The average molecular weight is 459 g/mol. The Morgan fingerprint density at radius 1 is 1.09 bits per heavy atom. The van der Waals surface area contributed by atoms with E-state index < -0.39 is 0 Å². The molecule has 2 fully saturated rings. The van der Waals surface area contributed by atoms with Gasteiger partial charge in [0.15, 0.2) is 0 Å². The molecule has 4 nitrogen and oxygen atoms in total. The lowest BCUT2D eigenvalue weighted by Gasteiger charge is -2.56. The number of unbranched alkanes of at least 4 members (excludes halogenated alkanes) is 1. The van der Waals surface area contributed by atoms with Crippen molar-refractivity contribution in [2.45, 2.75) is 112 Å². The number of benzene rings is 1. The molecule has 3 rings (SSSR count). The van der Waals surface area contributed by atoms with Gasteiger partial charge in [-0.15, -0.1) is 0 Å². The Morgan fingerprint density at radius 2 is 1.76 bits per heavy atom. The van der Waals surface area contributed by atoms with E-state index in [1.807, 2.05) is 13.8 Å². The van der Waals surface area contributed by atoms with Crippen LogP contribution in [0.25, 0.3) is 0 Å². The van der Waals surface area contributed by atoms with Crippen molar-refractivity contribution in [1.29, 1.82) is 0 Å². The highest BCUT2D eigenvalue weighted by molar-refractivity contribution is 5.91. The van der Waals surface area contributed by atoms with Gasteiger partial charge in [-0.25, -0.2) is 4.79 Å². The summed E-state index contributed by atoms with van der Waals surface area (Å²) in [5.74, 6) is 2.83. The lowest BCUT2D eigenvalue weighted by Crippen LogP contribution is -2.49. The second kappa shape index (κ2) is 12.7. The molecule has 1 aromatic rings. The quantitative estimate of drug-likeness (QED) is 0.307.